The van der Waals surface area contributed by atoms with E-state index in [9.17, 15) is 0 Å². The Bertz CT molecular complexity index is 722. The summed E-state index contributed by atoms with van der Waals surface area (Å²) in [6, 6.07) is 13.9. The van der Waals surface area contributed by atoms with Gasteiger partial charge in [-0.25, -0.2) is 4.98 Å². The molecule has 0 amide bonds. The normalized spacial score (nSPS) is 10.4. The highest BCUT2D eigenvalue weighted by Crippen LogP contribution is 2.21. The van der Waals surface area contributed by atoms with Crippen LogP contribution in [0.2, 0.25) is 0 Å². The van der Waals surface area contributed by atoms with Gasteiger partial charge >= 0.3 is 0 Å². The molecule has 86 valence electrons. The predicted octanol–water partition coefficient (Wildman–Crippen LogP) is 2.49. The standard InChI is InChI=1S/C14H10N4/c15-8-5-14-17-12-3-1-2-4-13(12)18(14)11-6-9-16-10-7-11/h1-4,6-7,9-10H,5H2. The van der Waals surface area contributed by atoms with Gasteiger partial charge in [-0.05, 0) is 24.3 Å². The number of nitriles is 1. The zero-order chi connectivity index (χ0) is 12.4. The van der Waals surface area contributed by atoms with Crippen molar-refractivity contribution in [2.75, 3.05) is 0 Å². The number of fused-ring (bicyclic) bond motifs is 1. The lowest BCUT2D eigenvalue weighted by molar-refractivity contribution is 0.951. The van der Waals surface area contributed by atoms with E-state index in [0.29, 0.717) is 0 Å². The Morgan fingerprint density at radius 2 is 1.89 bits per heavy atom. The Kier molecular flexibility index (Phi) is 2.50. The lowest BCUT2D eigenvalue weighted by Crippen LogP contribution is -2.00. The van der Waals surface area contributed by atoms with Crippen molar-refractivity contribution in [1.82, 2.24) is 14.5 Å². The minimum Gasteiger partial charge on any atom is -0.295 e. The molecule has 0 radical (unpaired) electrons. The van der Waals surface area contributed by atoms with Crippen LogP contribution in [0.1, 0.15) is 5.82 Å². The number of benzene rings is 1. The van der Waals surface area contributed by atoms with E-state index >= 15 is 0 Å². The van der Waals surface area contributed by atoms with Gasteiger partial charge in [0, 0.05) is 12.4 Å². The van der Waals surface area contributed by atoms with Gasteiger partial charge in [0.15, 0.2) is 0 Å². The van der Waals surface area contributed by atoms with Gasteiger partial charge in [-0.1, -0.05) is 12.1 Å². The maximum atomic E-state index is 8.90. The summed E-state index contributed by atoms with van der Waals surface area (Å²) in [4.78, 5) is 8.51. The number of aromatic nitrogens is 3. The van der Waals surface area contributed by atoms with E-state index in [-0.39, 0.29) is 6.42 Å². The molecule has 0 fully saturated rings. The van der Waals surface area contributed by atoms with Crippen molar-refractivity contribution in [1.29, 1.82) is 5.26 Å². The van der Waals surface area contributed by atoms with Crippen molar-refractivity contribution in [2.45, 2.75) is 6.42 Å². The number of imidazole rings is 1. The number of pyridine rings is 1. The van der Waals surface area contributed by atoms with Gasteiger partial charge in [-0.3, -0.25) is 9.55 Å². The van der Waals surface area contributed by atoms with Crippen LogP contribution in [0.15, 0.2) is 48.8 Å². The largest absolute Gasteiger partial charge is 0.295 e. The fourth-order valence-corrected chi connectivity index (χ4v) is 2.05. The smallest absolute Gasteiger partial charge is 0.128 e. The predicted molar refractivity (Wildman–Crippen MR) is 68.2 cm³/mol. The number of hydrogen-bond acceptors (Lipinski definition) is 3. The third-order valence-corrected chi connectivity index (χ3v) is 2.79. The van der Waals surface area contributed by atoms with Crippen LogP contribution in [-0.2, 0) is 6.42 Å². The van der Waals surface area contributed by atoms with Crippen molar-refractivity contribution in [3.05, 3.63) is 54.6 Å². The molecular formula is C14H10N4. The molecule has 4 heteroatoms. The molecule has 0 aliphatic carbocycles. The molecule has 0 spiro atoms. The monoisotopic (exact) mass is 234 g/mol. The molecule has 4 nitrogen and oxygen atoms in total. The Hall–Kier alpha value is -2.67. The van der Waals surface area contributed by atoms with E-state index in [1.54, 1.807) is 12.4 Å². The Morgan fingerprint density at radius 3 is 2.67 bits per heavy atom. The van der Waals surface area contributed by atoms with E-state index < -0.39 is 0 Å². The van der Waals surface area contributed by atoms with Crippen LogP contribution in [0, 0.1) is 11.3 Å². The fourth-order valence-electron chi connectivity index (χ4n) is 2.05. The first-order valence-electron chi connectivity index (χ1n) is 5.64. The highest BCUT2D eigenvalue weighted by Gasteiger charge is 2.11. The van der Waals surface area contributed by atoms with Gasteiger partial charge in [0.25, 0.3) is 0 Å². The molecule has 0 bridgehead atoms. The first-order chi connectivity index (χ1) is 8.90. The summed E-state index contributed by atoms with van der Waals surface area (Å²) in [5, 5.41) is 8.90. The minimum absolute atomic E-state index is 0.289. The summed E-state index contributed by atoms with van der Waals surface area (Å²) in [6.07, 6.45) is 3.76. The molecular weight excluding hydrogens is 224 g/mol. The van der Waals surface area contributed by atoms with Crippen molar-refractivity contribution >= 4 is 11.0 Å². The topological polar surface area (TPSA) is 54.5 Å². The third-order valence-electron chi connectivity index (χ3n) is 2.79. The first kappa shape index (κ1) is 10.5. The van der Waals surface area contributed by atoms with Crippen molar-refractivity contribution in [2.24, 2.45) is 0 Å². The molecule has 0 aliphatic heterocycles. The first-order valence-corrected chi connectivity index (χ1v) is 5.64. The van der Waals surface area contributed by atoms with Crippen LogP contribution in [0.5, 0.6) is 0 Å². The number of para-hydroxylation sites is 2. The molecule has 0 unspecified atom stereocenters. The van der Waals surface area contributed by atoms with Gasteiger partial charge in [0.05, 0.1) is 29.2 Å². The lowest BCUT2D eigenvalue weighted by Gasteiger charge is -2.06. The second-order valence-corrected chi connectivity index (χ2v) is 3.89. The maximum absolute atomic E-state index is 8.90. The average molecular weight is 234 g/mol. The summed E-state index contributed by atoms with van der Waals surface area (Å²) >= 11 is 0. The van der Waals surface area contributed by atoms with Gasteiger partial charge in [-0.2, -0.15) is 5.26 Å². The van der Waals surface area contributed by atoms with E-state index in [1.165, 1.54) is 0 Å². The highest BCUT2D eigenvalue weighted by atomic mass is 15.1. The molecule has 0 aliphatic rings. The Labute approximate surface area is 104 Å². The SMILES string of the molecule is N#CCc1nc2ccccc2n1-c1ccncc1. The summed E-state index contributed by atoms with van der Waals surface area (Å²) in [5.41, 5.74) is 2.89. The zero-order valence-electron chi connectivity index (χ0n) is 9.61. The molecule has 1 aromatic carbocycles. The van der Waals surface area contributed by atoms with E-state index in [1.807, 2.05) is 41.0 Å². The van der Waals surface area contributed by atoms with Crippen LogP contribution in [0.25, 0.3) is 16.7 Å². The average Bonchev–Trinajstić information content (AvgIpc) is 2.78. The molecule has 0 N–H and O–H groups in total. The second-order valence-electron chi connectivity index (χ2n) is 3.89. The summed E-state index contributed by atoms with van der Waals surface area (Å²) in [5.74, 6) is 0.755. The minimum atomic E-state index is 0.289. The van der Waals surface area contributed by atoms with Crippen LogP contribution in [-0.4, -0.2) is 14.5 Å². The number of rotatable bonds is 2. The molecule has 18 heavy (non-hydrogen) atoms. The van der Waals surface area contributed by atoms with Gasteiger partial charge in [0.2, 0.25) is 0 Å². The molecule has 2 aromatic heterocycles. The van der Waals surface area contributed by atoms with Crippen LogP contribution in [0.3, 0.4) is 0 Å². The lowest BCUT2D eigenvalue weighted by atomic mass is 10.3. The van der Waals surface area contributed by atoms with Crippen LogP contribution >= 0.6 is 0 Å². The molecule has 0 saturated carbocycles. The van der Waals surface area contributed by atoms with Gasteiger partial charge in [-0.15, -0.1) is 0 Å². The molecule has 3 aromatic rings. The molecule has 3 rings (SSSR count). The fraction of sp³-hybridized carbons (Fsp3) is 0.0714. The second kappa shape index (κ2) is 4.30. The van der Waals surface area contributed by atoms with Crippen molar-refractivity contribution in [3.8, 4) is 11.8 Å². The van der Waals surface area contributed by atoms with Gasteiger partial charge < -0.3 is 0 Å². The Balaban J connectivity index is 2.32. The zero-order valence-corrected chi connectivity index (χ0v) is 9.61. The third kappa shape index (κ3) is 1.62. The summed E-state index contributed by atoms with van der Waals surface area (Å²) < 4.78 is 2.00. The van der Waals surface area contributed by atoms with E-state index in [4.69, 9.17) is 5.26 Å². The molecule has 0 saturated heterocycles. The maximum Gasteiger partial charge on any atom is 0.128 e. The van der Waals surface area contributed by atoms with Crippen LogP contribution in [0.4, 0.5) is 0 Å². The van der Waals surface area contributed by atoms with Gasteiger partial charge in [0.1, 0.15) is 5.82 Å². The van der Waals surface area contributed by atoms with E-state index in [0.717, 1.165) is 22.5 Å². The molecule has 0 atom stereocenters. The number of nitrogens with zero attached hydrogens (tertiary/aromatic N) is 4. The summed E-state index contributed by atoms with van der Waals surface area (Å²) in [6.45, 7) is 0. The van der Waals surface area contributed by atoms with Crippen molar-refractivity contribution in [3.63, 3.8) is 0 Å². The molecule has 2 heterocycles. The van der Waals surface area contributed by atoms with E-state index in [2.05, 4.69) is 16.0 Å². The van der Waals surface area contributed by atoms with Crippen molar-refractivity contribution < 1.29 is 0 Å². The summed E-state index contributed by atoms with van der Waals surface area (Å²) in [7, 11) is 0. The highest BCUT2D eigenvalue weighted by molar-refractivity contribution is 5.78. The Morgan fingerprint density at radius 1 is 1.11 bits per heavy atom. The quantitative estimate of drug-likeness (QED) is 0.684. The number of hydrogen-bond donors (Lipinski definition) is 0. The van der Waals surface area contributed by atoms with Crippen LogP contribution < -0.4 is 0 Å².